The van der Waals surface area contributed by atoms with Gasteiger partial charge in [-0.25, -0.2) is 0 Å². The standard InChI is InChI=1S/C21H37N5O4.C9H10O/c1-3-30-16-9-15-10-26(17(19(23)27)12-25(15)11-16)21(29)18(24-20(28)13(2)22)14-7-5-4-6-8-14;1-2-6-9-8(4-1)5-3-7-10-9/h13-18H,3-12,22H2,1-2H3,(H2,23,27)(H,24,28);1-2,4,6H,3,5,7H2. The summed E-state index contributed by atoms with van der Waals surface area (Å²) < 4.78 is 11.2. The van der Waals surface area contributed by atoms with Gasteiger partial charge in [-0.1, -0.05) is 37.5 Å². The lowest BCUT2D eigenvalue weighted by molar-refractivity contribution is -0.148. The molecule has 10 nitrogen and oxygen atoms in total. The van der Waals surface area contributed by atoms with Gasteiger partial charge in [0.25, 0.3) is 0 Å². The zero-order valence-electron chi connectivity index (χ0n) is 24.1. The Morgan fingerprint density at radius 3 is 2.52 bits per heavy atom. The first-order chi connectivity index (χ1) is 19.3. The number of hydrogen-bond donors (Lipinski definition) is 3. The Balaban J connectivity index is 0.000000307. The second-order valence-electron chi connectivity index (χ2n) is 11.6. The summed E-state index contributed by atoms with van der Waals surface area (Å²) in [6, 6.07) is 6.32. The molecular formula is C30H47N5O5. The van der Waals surface area contributed by atoms with Crippen molar-refractivity contribution in [2.24, 2.45) is 17.4 Å². The number of aryl methyl sites for hydroxylation is 1. The van der Waals surface area contributed by atoms with Gasteiger partial charge >= 0.3 is 0 Å². The summed E-state index contributed by atoms with van der Waals surface area (Å²) >= 11 is 0. The van der Waals surface area contributed by atoms with Crippen molar-refractivity contribution in [2.75, 3.05) is 32.8 Å². The first-order valence-corrected chi connectivity index (χ1v) is 15.0. The van der Waals surface area contributed by atoms with Gasteiger partial charge < -0.3 is 31.2 Å². The first kappa shape index (κ1) is 30.3. The molecule has 1 aromatic carbocycles. The van der Waals surface area contributed by atoms with Gasteiger partial charge in [0.15, 0.2) is 0 Å². The molecule has 0 bridgehead atoms. The minimum absolute atomic E-state index is 0.0558. The number of benzene rings is 1. The smallest absolute Gasteiger partial charge is 0.246 e. The molecule has 1 aromatic rings. The Kier molecular flexibility index (Phi) is 10.8. The third-order valence-electron chi connectivity index (χ3n) is 8.61. The molecule has 222 valence electrons. The molecule has 0 spiro atoms. The summed E-state index contributed by atoms with van der Waals surface area (Å²) in [6.45, 7) is 6.68. The van der Waals surface area contributed by atoms with Crippen molar-refractivity contribution < 1.29 is 23.9 Å². The summed E-state index contributed by atoms with van der Waals surface area (Å²) in [4.78, 5) is 42.1. The van der Waals surface area contributed by atoms with Crippen LogP contribution in [0.25, 0.3) is 0 Å². The average Bonchev–Trinajstić information content (AvgIpc) is 3.37. The fourth-order valence-electron chi connectivity index (χ4n) is 6.48. The number of para-hydroxylation sites is 1. The first-order valence-electron chi connectivity index (χ1n) is 15.0. The van der Waals surface area contributed by atoms with E-state index >= 15 is 0 Å². The largest absolute Gasteiger partial charge is 0.493 e. The molecule has 10 heteroatoms. The molecule has 1 saturated carbocycles. The minimum atomic E-state index is -0.701. The van der Waals surface area contributed by atoms with Crippen molar-refractivity contribution in [3.05, 3.63) is 29.8 Å². The molecule has 5 atom stereocenters. The van der Waals surface area contributed by atoms with Gasteiger partial charge in [0.2, 0.25) is 17.7 Å². The molecule has 40 heavy (non-hydrogen) atoms. The highest BCUT2D eigenvalue weighted by atomic mass is 16.5. The Hall–Kier alpha value is -2.69. The van der Waals surface area contributed by atoms with Crippen molar-refractivity contribution in [2.45, 2.75) is 95.5 Å². The topological polar surface area (TPSA) is 140 Å². The quantitative estimate of drug-likeness (QED) is 0.462. The highest BCUT2D eigenvalue weighted by Gasteiger charge is 2.46. The zero-order valence-corrected chi connectivity index (χ0v) is 24.1. The highest BCUT2D eigenvalue weighted by Crippen LogP contribution is 2.31. The minimum Gasteiger partial charge on any atom is -0.493 e. The molecule has 3 amide bonds. The van der Waals surface area contributed by atoms with Gasteiger partial charge in [-0.3, -0.25) is 19.3 Å². The van der Waals surface area contributed by atoms with Crippen LogP contribution in [0.1, 0.15) is 64.4 Å². The van der Waals surface area contributed by atoms with E-state index in [1.165, 1.54) is 12.0 Å². The Morgan fingerprint density at radius 1 is 1.10 bits per heavy atom. The van der Waals surface area contributed by atoms with Crippen LogP contribution in [-0.4, -0.2) is 90.6 Å². The molecule has 5 rings (SSSR count). The van der Waals surface area contributed by atoms with Crippen LogP contribution >= 0.6 is 0 Å². The number of ether oxygens (including phenoxy) is 2. The highest BCUT2D eigenvalue weighted by molar-refractivity contribution is 5.93. The maximum absolute atomic E-state index is 13.7. The van der Waals surface area contributed by atoms with Gasteiger partial charge in [-0.2, -0.15) is 0 Å². The Bertz CT molecular complexity index is 989. The third-order valence-corrected chi connectivity index (χ3v) is 8.61. The average molecular weight is 558 g/mol. The second-order valence-corrected chi connectivity index (χ2v) is 11.6. The Labute approximate surface area is 238 Å². The summed E-state index contributed by atoms with van der Waals surface area (Å²) in [5.74, 6) is 0.0706. The molecular weight excluding hydrogens is 510 g/mol. The molecule has 4 aliphatic rings. The molecule has 3 fully saturated rings. The van der Waals surface area contributed by atoms with E-state index in [0.717, 1.165) is 63.8 Å². The third kappa shape index (κ3) is 7.53. The van der Waals surface area contributed by atoms with Gasteiger partial charge in [0.05, 0.1) is 18.8 Å². The van der Waals surface area contributed by atoms with Crippen molar-refractivity contribution in [1.29, 1.82) is 0 Å². The number of nitrogens with one attached hydrogen (secondary N) is 1. The van der Waals surface area contributed by atoms with E-state index in [0.29, 0.717) is 19.7 Å². The van der Waals surface area contributed by atoms with Crippen LogP contribution in [0.2, 0.25) is 0 Å². The molecule has 0 aromatic heterocycles. The fourth-order valence-corrected chi connectivity index (χ4v) is 6.48. The number of rotatable bonds is 7. The maximum Gasteiger partial charge on any atom is 0.246 e. The van der Waals surface area contributed by atoms with Crippen LogP contribution < -0.4 is 21.5 Å². The molecule has 1 aliphatic carbocycles. The molecule has 0 radical (unpaired) electrons. The SMILES string of the molecule is CCOC1CC2CN(C(=O)C(NC(=O)C(C)N)C3CCCCC3)C(C(N)=O)CN2C1.c1ccc2c(c1)CCCO2. The number of hydrogen-bond acceptors (Lipinski definition) is 7. The van der Waals surface area contributed by atoms with E-state index in [4.69, 9.17) is 20.9 Å². The van der Waals surface area contributed by atoms with Crippen LogP contribution in [-0.2, 0) is 25.5 Å². The molecule has 3 aliphatic heterocycles. The normalized spacial score (nSPS) is 26.3. The van der Waals surface area contributed by atoms with Crippen LogP contribution in [0.5, 0.6) is 5.75 Å². The lowest BCUT2D eigenvalue weighted by Gasteiger charge is -2.44. The predicted octanol–water partition coefficient (Wildman–Crippen LogP) is 1.59. The molecule has 5 unspecified atom stereocenters. The number of amides is 3. The summed E-state index contributed by atoms with van der Waals surface area (Å²) in [6.07, 6.45) is 8.25. The molecule has 5 N–H and O–H groups in total. The van der Waals surface area contributed by atoms with E-state index in [-0.39, 0.29) is 29.9 Å². The number of fused-ring (bicyclic) bond motifs is 2. The van der Waals surface area contributed by atoms with E-state index in [1.54, 1.807) is 11.8 Å². The van der Waals surface area contributed by atoms with Crippen molar-refractivity contribution in [1.82, 2.24) is 15.1 Å². The number of nitrogens with zero attached hydrogens (tertiary/aromatic N) is 2. The number of primary amides is 1. The fraction of sp³-hybridized carbons (Fsp3) is 0.700. The lowest BCUT2D eigenvalue weighted by atomic mass is 9.82. The van der Waals surface area contributed by atoms with Crippen LogP contribution in [0.3, 0.4) is 0 Å². The van der Waals surface area contributed by atoms with E-state index in [2.05, 4.69) is 22.3 Å². The van der Waals surface area contributed by atoms with Gasteiger partial charge in [-0.15, -0.1) is 0 Å². The number of carbonyl (C=O) groups excluding carboxylic acids is 3. The summed E-state index contributed by atoms with van der Waals surface area (Å²) in [5.41, 5.74) is 12.8. The number of piperazine rings is 1. The van der Waals surface area contributed by atoms with Crippen molar-refractivity contribution in [3.8, 4) is 5.75 Å². The number of nitrogens with two attached hydrogens (primary N) is 2. The van der Waals surface area contributed by atoms with Crippen molar-refractivity contribution in [3.63, 3.8) is 0 Å². The van der Waals surface area contributed by atoms with Gasteiger partial charge in [0, 0.05) is 32.3 Å². The van der Waals surface area contributed by atoms with Crippen molar-refractivity contribution >= 4 is 17.7 Å². The summed E-state index contributed by atoms with van der Waals surface area (Å²) in [7, 11) is 0. The predicted molar refractivity (Wildman–Crippen MR) is 153 cm³/mol. The van der Waals surface area contributed by atoms with Crippen LogP contribution in [0, 0.1) is 5.92 Å². The second kappa shape index (κ2) is 14.3. The van der Waals surface area contributed by atoms with Gasteiger partial charge in [0.1, 0.15) is 17.8 Å². The van der Waals surface area contributed by atoms with E-state index in [1.807, 2.05) is 19.1 Å². The zero-order chi connectivity index (χ0) is 28.6. The van der Waals surface area contributed by atoms with Crippen LogP contribution in [0.15, 0.2) is 24.3 Å². The van der Waals surface area contributed by atoms with E-state index in [9.17, 15) is 14.4 Å². The Morgan fingerprint density at radius 2 is 1.85 bits per heavy atom. The maximum atomic E-state index is 13.7. The molecule has 2 saturated heterocycles. The van der Waals surface area contributed by atoms with E-state index < -0.39 is 24.0 Å². The number of carbonyl (C=O) groups is 3. The van der Waals surface area contributed by atoms with Crippen LogP contribution in [0.4, 0.5) is 0 Å². The molecule has 3 heterocycles. The van der Waals surface area contributed by atoms with Gasteiger partial charge in [-0.05, 0) is 63.5 Å². The lowest BCUT2D eigenvalue weighted by Crippen LogP contribution is -2.66. The monoisotopic (exact) mass is 557 g/mol. The summed E-state index contributed by atoms with van der Waals surface area (Å²) in [5, 5.41) is 2.89.